The Labute approximate surface area is 224 Å². The molecule has 2 fully saturated rings. The van der Waals surface area contributed by atoms with Gasteiger partial charge in [-0.25, -0.2) is 9.97 Å². The molecule has 2 aromatic heterocycles. The zero-order chi connectivity index (χ0) is 26.4. The summed E-state index contributed by atoms with van der Waals surface area (Å²) >= 11 is 0. The Hall–Kier alpha value is -1.87. The molecular weight excluding hydrogens is 476 g/mol. The van der Waals surface area contributed by atoms with Crippen LogP contribution in [0.4, 0.5) is 5.82 Å². The highest BCUT2D eigenvalue weighted by molar-refractivity contribution is 6.74. The Morgan fingerprint density at radius 2 is 1.81 bits per heavy atom. The van der Waals surface area contributed by atoms with Gasteiger partial charge in [-0.15, -0.1) is 0 Å². The van der Waals surface area contributed by atoms with Crippen molar-refractivity contribution in [3.05, 3.63) is 47.2 Å². The maximum Gasteiger partial charge on any atom is 0.192 e. The minimum atomic E-state index is -1.89. The Bertz CT molecular complexity index is 1090. The number of piperazine rings is 1. The van der Waals surface area contributed by atoms with Gasteiger partial charge in [0, 0.05) is 45.0 Å². The highest BCUT2D eigenvalue weighted by atomic mass is 28.4. The van der Waals surface area contributed by atoms with Crippen LogP contribution in [0.1, 0.15) is 74.9 Å². The molecule has 0 spiro atoms. The first-order chi connectivity index (χ1) is 17.5. The third kappa shape index (κ3) is 5.63. The number of nitrogens with zero attached hydrogens (tertiary/aromatic N) is 6. The summed E-state index contributed by atoms with van der Waals surface area (Å²) in [6.07, 6.45) is 6.62. The summed E-state index contributed by atoms with van der Waals surface area (Å²) in [5, 5.41) is 0.189. The molecule has 1 unspecified atom stereocenters. The Morgan fingerprint density at radius 1 is 1.05 bits per heavy atom. The van der Waals surface area contributed by atoms with Crippen LogP contribution in [0.2, 0.25) is 18.1 Å². The minimum Gasteiger partial charge on any atom is -0.413 e. The molecule has 1 aliphatic carbocycles. The van der Waals surface area contributed by atoms with Crippen LogP contribution in [0.3, 0.4) is 0 Å². The number of pyridine rings is 1. The highest BCUT2D eigenvalue weighted by Gasteiger charge is 2.45. The lowest BCUT2D eigenvalue weighted by Gasteiger charge is -2.39. The Balaban J connectivity index is 1.48. The van der Waals surface area contributed by atoms with Gasteiger partial charge in [-0.1, -0.05) is 26.8 Å². The predicted molar refractivity (Wildman–Crippen MR) is 153 cm³/mol. The molecule has 3 atom stereocenters. The van der Waals surface area contributed by atoms with Crippen molar-refractivity contribution in [2.45, 2.75) is 89.7 Å². The topological polar surface area (TPSA) is 57.6 Å². The van der Waals surface area contributed by atoms with Crippen LogP contribution in [0.5, 0.6) is 0 Å². The first-order valence-electron chi connectivity index (χ1n) is 14.2. The van der Waals surface area contributed by atoms with Crippen molar-refractivity contribution < 1.29 is 4.43 Å². The lowest BCUT2D eigenvalue weighted by atomic mass is 9.90. The van der Waals surface area contributed by atoms with Crippen molar-refractivity contribution in [1.29, 1.82) is 0 Å². The van der Waals surface area contributed by atoms with Crippen LogP contribution in [0.15, 0.2) is 24.4 Å². The normalized spacial score (nSPS) is 25.9. The van der Waals surface area contributed by atoms with Crippen molar-refractivity contribution in [2.75, 3.05) is 44.7 Å². The van der Waals surface area contributed by atoms with Crippen molar-refractivity contribution >= 4 is 14.1 Å². The van der Waals surface area contributed by atoms with Gasteiger partial charge in [0.25, 0.3) is 0 Å². The molecule has 0 bridgehead atoms. The second kappa shape index (κ2) is 10.4. The van der Waals surface area contributed by atoms with E-state index in [1.165, 1.54) is 17.7 Å². The molecule has 2 saturated heterocycles. The average Bonchev–Trinajstić information content (AvgIpc) is 3.26. The molecule has 5 rings (SSSR count). The van der Waals surface area contributed by atoms with Gasteiger partial charge in [0.15, 0.2) is 8.32 Å². The largest absolute Gasteiger partial charge is 0.413 e. The summed E-state index contributed by atoms with van der Waals surface area (Å²) in [4.78, 5) is 22.3. The molecule has 37 heavy (non-hydrogen) atoms. The average molecular weight is 523 g/mol. The number of likely N-dealkylation sites (tertiary alicyclic amines) is 1. The lowest BCUT2D eigenvalue weighted by molar-refractivity contribution is 0.135. The van der Waals surface area contributed by atoms with Gasteiger partial charge in [-0.2, -0.15) is 0 Å². The SMILES string of the molecule is Cc1nc([C@H]2CC(O[Si](C)(C)C(C)(C)C)CN2[C@H]2CCCc3cccnc32)cc(N2CCN(C)CC2)n1. The summed E-state index contributed by atoms with van der Waals surface area (Å²) in [6.45, 7) is 18.9. The van der Waals surface area contributed by atoms with Crippen molar-refractivity contribution in [2.24, 2.45) is 0 Å². The molecule has 0 N–H and O–H groups in total. The third-order valence-electron chi connectivity index (χ3n) is 9.15. The standard InChI is InChI=1S/C29H46N6OSi/c1-21-31-24(19-27(32-21)34-16-14-33(5)15-17-34)26-18-23(36-37(6,7)29(2,3)4)20-35(26)25-12-8-10-22-11-9-13-30-28(22)25/h9,11,13,19,23,25-26H,8,10,12,14-18,20H2,1-7H3/t23?,25-,26+/m0/s1. The lowest BCUT2D eigenvalue weighted by Crippen LogP contribution is -2.45. The molecule has 202 valence electrons. The fraction of sp³-hybridized carbons (Fsp3) is 0.690. The van der Waals surface area contributed by atoms with E-state index in [4.69, 9.17) is 19.4 Å². The van der Waals surface area contributed by atoms with Crippen LogP contribution in [-0.2, 0) is 10.8 Å². The molecule has 0 amide bonds. The van der Waals surface area contributed by atoms with E-state index < -0.39 is 8.32 Å². The number of hydrogen-bond acceptors (Lipinski definition) is 7. The van der Waals surface area contributed by atoms with Crippen LogP contribution in [0, 0.1) is 6.92 Å². The molecule has 4 heterocycles. The maximum absolute atomic E-state index is 7.03. The third-order valence-corrected chi connectivity index (χ3v) is 13.7. The summed E-state index contributed by atoms with van der Waals surface area (Å²) in [6, 6.07) is 7.14. The van der Waals surface area contributed by atoms with Gasteiger partial charge in [-0.05, 0) is 69.4 Å². The van der Waals surface area contributed by atoms with Gasteiger partial charge in [0.1, 0.15) is 11.6 Å². The number of anilines is 1. The van der Waals surface area contributed by atoms with E-state index in [1.807, 2.05) is 13.1 Å². The number of rotatable bonds is 5. The molecule has 0 saturated carbocycles. The second-order valence-electron chi connectivity index (χ2n) is 12.9. The number of aromatic nitrogens is 3. The van der Waals surface area contributed by atoms with E-state index >= 15 is 0 Å². The van der Waals surface area contributed by atoms with E-state index in [1.54, 1.807) is 0 Å². The first kappa shape index (κ1) is 26.7. The molecule has 0 radical (unpaired) electrons. The summed E-state index contributed by atoms with van der Waals surface area (Å²) in [5.74, 6) is 1.94. The zero-order valence-corrected chi connectivity index (χ0v) is 25.0. The van der Waals surface area contributed by atoms with E-state index in [0.29, 0.717) is 6.04 Å². The predicted octanol–water partition coefficient (Wildman–Crippen LogP) is 5.15. The number of likely N-dealkylation sites (N-methyl/N-ethyl adjacent to an activating group) is 1. The Kier molecular flexibility index (Phi) is 7.48. The number of hydrogen-bond donors (Lipinski definition) is 0. The summed E-state index contributed by atoms with van der Waals surface area (Å²) < 4.78 is 7.03. The Morgan fingerprint density at radius 3 is 2.54 bits per heavy atom. The molecule has 2 aromatic rings. The van der Waals surface area contributed by atoms with Crippen LogP contribution in [0.25, 0.3) is 0 Å². The van der Waals surface area contributed by atoms with Crippen molar-refractivity contribution in [3.63, 3.8) is 0 Å². The minimum absolute atomic E-state index is 0.189. The zero-order valence-electron chi connectivity index (χ0n) is 24.0. The van der Waals surface area contributed by atoms with E-state index in [2.05, 4.69) is 73.8 Å². The molecule has 7 nitrogen and oxygen atoms in total. The molecule has 8 heteroatoms. The summed E-state index contributed by atoms with van der Waals surface area (Å²) in [5.41, 5.74) is 3.81. The highest BCUT2D eigenvalue weighted by Crippen LogP contribution is 2.46. The molecule has 2 aliphatic heterocycles. The van der Waals surface area contributed by atoms with Gasteiger partial charge in [-0.3, -0.25) is 9.88 Å². The van der Waals surface area contributed by atoms with Gasteiger partial charge in [0.05, 0.1) is 29.6 Å². The number of aryl methyl sites for hydroxylation is 2. The van der Waals surface area contributed by atoms with Crippen molar-refractivity contribution in [3.8, 4) is 0 Å². The quantitative estimate of drug-likeness (QED) is 0.504. The fourth-order valence-corrected chi connectivity index (χ4v) is 7.34. The van der Waals surface area contributed by atoms with Gasteiger partial charge >= 0.3 is 0 Å². The number of fused-ring (bicyclic) bond motifs is 1. The van der Waals surface area contributed by atoms with E-state index in [-0.39, 0.29) is 17.2 Å². The molecular formula is C29H46N6OSi. The smallest absolute Gasteiger partial charge is 0.192 e. The second-order valence-corrected chi connectivity index (χ2v) is 17.6. The van der Waals surface area contributed by atoms with Gasteiger partial charge < -0.3 is 14.2 Å². The van der Waals surface area contributed by atoms with Gasteiger partial charge in [0.2, 0.25) is 0 Å². The fourth-order valence-electron chi connectivity index (χ4n) is 5.99. The molecule has 0 aromatic carbocycles. The summed E-state index contributed by atoms with van der Waals surface area (Å²) in [7, 11) is 0.303. The van der Waals surface area contributed by atoms with E-state index in [0.717, 1.165) is 69.3 Å². The van der Waals surface area contributed by atoms with Crippen LogP contribution < -0.4 is 4.90 Å². The monoisotopic (exact) mass is 522 g/mol. The van der Waals surface area contributed by atoms with Crippen LogP contribution in [-0.4, -0.2) is 78.9 Å². The first-order valence-corrected chi connectivity index (χ1v) is 17.1. The van der Waals surface area contributed by atoms with E-state index in [9.17, 15) is 0 Å². The van der Waals surface area contributed by atoms with Crippen molar-refractivity contribution in [1.82, 2.24) is 24.8 Å². The van der Waals surface area contributed by atoms with Crippen LogP contribution >= 0.6 is 0 Å². The molecule has 3 aliphatic rings. The maximum atomic E-state index is 7.03.